The van der Waals surface area contributed by atoms with E-state index in [1.165, 1.54) is 0 Å². The van der Waals surface area contributed by atoms with Crippen LogP contribution in [0.5, 0.6) is 0 Å². The quantitative estimate of drug-likeness (QED) is 0.715. The molecular weight excluding hydrogens is 326 g/mol. The average Bonchev–Trinajstić information content (AvgIpc) is 3.24. The standard InChI is InChI=1S/C17H17N3O3S/c1-10-9-20(5-6-22-10)17(21)12-8-13(14-4-3-7-24-14)18-16-15(12)11(2)19-23-16/h3-4,7-8,10H,5-6,9H2,1-2H3. The predicted molar refractivity (Wildman–Crippen MR) is 91.2 cm³/mol. The molecule has 6 nitrogen and oxygen atoms in total. The Morgan fingerprint density at radius 2 is 2.33 bits per heavy atom. The van der Waals surface area contributed by atoms with E-state index in [1.54, 1.807) is 11.3 Å². The fourth-order valence-electron chi connectivity index (χ4n) is 2.99. The number of morpholine rings is 1. The van der Waals surface area contributed by atoms with Gasteiger partial charge >= 0.3 is 0 Å². The summed E-state index contributed by atoms with van der Waals surface area (Å²) in [6.07, 6.45) is 0.0420. The van der Waals surface area contributed by atoms with Crippen LogP contribution in [0.15, 0.2) is 28.1 Å². The molecule has 4 heterocycles. The topological polar surface area (TPSA) is 68.5 Å². The number of aromatic nitrogens is 2. The first-order valence-electron chi connectivity index (χ1n) is 7.85. The van der Waals surface area contributed by atoms with Crippen molar-refractivity contribution in [3.63, 3.8) is 0 Å². The summed E-state index contributed by atoms with van der Waals surface area (Å²) in [6, 6.07) is 5.79. The van der Waals surface area contributed by atoms with Gasteiger partial charge in [-0.25, -0.2) is 4.98 Å². The third-order valence-electron chi connectivity index (χ3n) is 4.15. The maximum Gasteiger partial charge on any atom is 0.259 e. The lowest BCUT2D eigenvalue weighted by molar-refractivity contribution is -0.0123. The van der Waals surface area contributed by atoms with E-state index in [9.17, 15) is 4.79 Å². The van der Waals surface area contributed by atoms with E-state index in [2.05, 4.69) is 10.1 Å². The van der Waals surface area contributed by atoms with Crippen LogP contribution in [0.25, 0.3) is 21.7 Å². The second kappa shape index (κ2) is 5.99. The molecule has 1 fully saturated rings. The highest BCUT2D eigenvalue weighted by atomic mass is 32.1. The molecule has 24 heavy (non-hydrogen) atoms. The van der Waals surface area contributed by atoms with Gasteiger partial charge in [0, 0.05) is 13.1 Å². The summed E-state index contributed by atoms with van der Waals surface area (Å²) >= 11 is 1.58. The van der Waals surface area contributed by atoms with E-state index >= 15 is 0 Å². The second-order valence-corrected chi connectivity index (χ2v) is 6.86. The van der Waals surface area contributed by atoms with Crippen LogP contribution in [-0.4, -0.2) is 46.7 Å². The van der Waals surface area contributed by atoms with Gasteiger partial charge in [-0.15, -0.1) is 11.3 Å². The predicted octanol–water partition coefficient (Wildman–Crippen LogP) is 3.12. The Hall–Kier alpha value is -2.25. The molecule has 7 heteroatoms. The molecule has 3 aromatic heterocycles. The van der Waals surface area contributed by atoms with E-state index in [-0.39, 0.29) is 12.0 Å². The number of carbonyl (C=O) groups is 1. The van der Waals surface area contributed by atoms with Gasteiger partial charge in [0.05, 0.1) is 39.9 Å². The molecule has 0 bridgehead atoms. The van der Waals surface area contributed by atoms with Gasteiger partial charge < -0.3 is 14.2 Å². The number of thiophene rings is 1. The number of ether oxygens (including phenoxy) is 1. The summed E-state index contributed by atoms with van der Waals surface area (Å²) < 4.78 is 10.9. The van der Waals surface area contributed by atoms with Crippen molar-refractivity contribution in [3.8, 4) is 10.6 Å². The van der Waals surface area contributed by atoms with Crippen molar-refractivity contribution in [3.05, 3.63) is 34.8 Å². The normalized spacial score (nSPS) is 18.2. The van der Waals surface area contributed by atoms with Crippen molar-refractivity contribution < 1.29 is 14.1 Å². The third kappa shape index (κ3) is 2.59. The van der Waals surface area contributed by atoms with Gasteiger partial charge in [0.1, 0.15) is 0 Å². The van der Waals surface area contributed by atoms with E-state index in [1.807, 2.05) is 42.3 Å². The fourth-order valence-corrected chi connectivity index (χ4v) is 3.67. The van der Waals surface area contributed by atoms with Crippen LogP contribution in [0.3, 0.4) is 0 Å². The minimum absolute atomic E-state index is 0.0262. The molecule has 1 unspecified atom stereocenters. The number of amides is 1. The van der Waals surface area contributed by atoms with Gasteiger partial charge in [-0.05, 0) is 31.4 Å². The number of hydrogen-bond donors (Lipinski definition) is 0. The van der Waals surface area contributed by atoms with Crippen LogP contribution in [0.1, 0.15) is 23.0 Å². The van der Waals surface area contributed by atoms with Crippen molar-refractivity contribution in [2.24, 2.45) is 0 Å². The second-order valence-electron chi connectivity index (χ2n) is 5.91. The van der Waals surface area contributed by atoms with Crippen LogP contribution in [0, 0.1) is 6.92 Å². The molecule has 124 valence electrons. The molecule has 1 atom stereocenters. The number of rotatable bonds is 2. The first-order chi connectivity index (χ1) is 11.6. The third-order valence-corrected chi connectivity index (χ3v) is 5.04. The molecule has 0 saturated carbocycles. The van der Waals surface area contributed by atoms with E-state index in [4.69, 9.17) is 9.26 Å². The minimum Gasteiger partial charge on any atom is -0.375 e. The van der Waals surface area contributed by atoms with Gasteiger partial charge in [-0.3, -0.25) is 4.79 Å². The molecule has 1 aliphatic rings. The number of hydrogen-bond acceptors (Lipinski definition) is 6. The average molecular weight is 343 g/mol. The largest absolute Gasteiger partial charge is 0.375 e. The number of nitrogens with zero attached hydrogens (tertiary/aromatic N) is 3. The Morgan fingerprint density at radius 1 is 1.46 bits per heavy atom. The maximum absolute atomic E-state index is 13.1. The molecule has 0 spiro atoms. The molecule has 0 aliphatic carbocycles. The van der Waals surface area contributed by atoms with Crippen LogP contribution >= 0.6 is 11.3 Å². The fraction of sp³-hybridized carbons (Fsp3) is 0.353. The van der Waals surface area contributed by atoms with Gasteiger partial charge in [-0.2, -0.15) is 0 Å². The SMILES string of the molecule is Cc1noc2nc(-c3cccs3)cc(C(=O)N3CCOC(C)C3)c12. The smallest absolute Gasteiger partial charge is 0.259 e. The maximum atomic E-state index is 13.1. The number of carbonyl (C=O) groups excluding carboxylic acids is 1. The summed E-state index contributed by atoms with van der Waals surface area (Å²) in [5, 5.41) is 6.67. The molecule has 0 aromatic carbocycles. The lowest BCUT2D eigenvalue weighted by Gasteiger charge is -2.31. The van der Waals surface area contributed by atoms with Crippen LogP contribution in [0.2, 0.25) is 0 Å². The zero-order chi connectivity index (χ0) is 16.7. The highest BCUT2D eigenvalue weighted by molar-refractivity contribution is 7.13. The highest BCUT2D eigenvalue weighted by Gasteiger charge is 2.26. The molecule has 3 aromatic rings. The van der Waals surface area contributed by atoms with E-state index in [0.29, 0.717) is 42.1 Å². The molecule has 1 amide bonds. The molecule has 1 aliphatic heterocycles. The highest BCUT2D eigenvalue weighted by Crippen LogP contribution is 2.30. The monoisotopic (exact) mass is 343 g/mol. The Morgan fingerprint density at radius 3 is 3.08 bits per heavy atom. The zero-order valence-corrected chi connectivity index (χ0v) is 14.3. The molecule has 4 rings (SSSR count). The van der Waals surface area contributed by atoms with Gasteiger partial charge in [0.25, 0.3) is 11.6 Å². The van der Waals surface area contributed by atoms with E-state index in [0.717, 1.165) is 10.6 Å². The minimum atomic E-state index is -0.0262. The van der Waals surface area contributed by atoms with E-state index < -0.39 is 0 Å². The lowest BCUT2D eigenvalue weighted by Crippen LogP contribution is -2.44. The summed E-state index contributed by atoms with van der Waals surface area (Å²) in [7, 11) is 0. The van der Waals surface area contributed by atoms with Crippen molar-refractivity contribution >= 4 is 28.3 Å². The zero-order valence-electron chi connectivity index (χ0n) is 13.5. The van der Waals surface area contributed by atoms with Gasteiger partial charge in [0.15, 0.2) is 0 Å². The lowest BCUT2D eigenvalue weighted by atomic mass is 10.1. The van der Waals surface area contributed by atoms with Crippen molar-refractivity contribution in [2.75, 3.05) is 19.7 Å². The molecule has 0 radical (unpaired) electrons. The van der Waals surface area contributed by atoms with Crippen LogP contribution in [0.4, 0.5) is 0 Å². The van der Waals surface area contributed by atoms with Gasteiger partial charge in [-0.1, -0.05) is 11.2 Å². The number of aryl methyl sites for hydroxylation is 1. The summed E-state index contributed by atoms with van der Waals surface area (Å²) in [5.41, 5.74) is 2.41. The summed E-state index contributed by atoms with van der Waals surface area (Å²) in [5.74, 6) is -0.0262. The Labute approximate surface area is 143 Å². The van der Waals surface area contributed by atoms with Crippen molar-refractivity contribution in [2.45, 2.75) is 20.0 Å². The van der Waals surface area contributed by atoms with Crippen LogP contribution < -0.4 is 0 Å². The number of pyridine rings is 1. The van der Waals surface area contributed by atoms with Crippen LogP contribution in [-0.2, 0) is 4.74 Å². The molecule has 0 N–H and O–H groups in total. The Kier molecular flexibility index (Phi) is 3.82. The molecule has 1 saturated heterocycles. The first-order valence-corrected chi connectivity index (χ1v) is 8.73. The Bertz CT molecular complexity index is 888. The van der Waals surface area contributed by atoms with Crippen molar-refractivity contribution in [1.82, 2.24) is 15.0 Å². The summed E-state index contributed by atoms with van der Waals surface area (Å²) in [6.45, 7) is 5.54. The van der Waals surface area contributed by atoms with Gasteiger partial charge in [0.2, 0.25) is 0 Å². The Balaban J connectivity index is 1.83. The molecular formula is C17H17N3O3S. The van der Waals surface area contributed by atoms with Crippen molar-refractivity contribution in [1.29, 1.82) is 0 Å². The number of fused-ring (bicyclic) bond motifs is 1. The first kappa shape index (κ1) is 15.3. The summed E-state index contributed by atoms with van der Waals surface area (Å²) in [4.78, 5) is 20.5.